The molecule has 1 aromatic rings. The topological polar surface area (TPSA) is 12.5 Å². The molecule has 0 aromatic heterocycles. The fourth-order valence-corrected chi connectivity index (χ4v) is 3.55. The Morgan fingerprint density at radius 2 is 1.52 bits per heavy atom. The molecule has 25 heavy (non-hydrogen) atoms. The van der Waals surface area contributed by atoms with E-state index in [0.29, 0.717) is 0 Å². The molecule has 0 aliphatic carbocycles. The number of benzene rings is 1. The van der Waals surface area contributed by atoms with E-state index in [4.69, 9.17) is 4.74 Å². The summed E-state index contributed by atoms with van der Waals surface area (Å²) in [5, 5.41) is 0. The van der Waals surface area contributed by atoms with E-state index in [0.717, 1.165) is 18.8 Å². The summed E-state index contributed by atoms with van der Waals surface area (Å²) >= 11 is 0. The average Bonchev–Trinajstić information content (AvgIpc) is 2.65. The molecule has 1 fully saturated rings. The minimum atomic E-state index is 0.257. The van der Waals surface area contributed by atoms with E-state index in [1.807, 2.05) is 0 Å². The van der Waals surface area contributed by atoms with Gasteiger partial charge in [0.05, 0.1) is 6.61 Å². The van der Waals surface area contributed by atoms with Crippen molar-refractivity contribution in [2.24, 2.45) is 0 Å². The lowest BCUT2D eigenvalue weighted by atomic mass is 9.82. The molecule has 1 aliphatic heterocycles. The van der Waals surface area contributed by atoms with Gasteiger partial charge in [-0.1, -0.05) is 58.6 Å². The smallest absolute Gasteiger partial charge is 0.119 e. The van der Waals surface area contributed by atoms with E-state index in [2.05, 4.69) is 49.9 Å². The van der Waals surface area contributed by atoms with Crippen LogP contribution in [-0.2, 0) is 5.41 Å². The van der Waals surface area contributed by atoms with Gasteiger partial charge in [-0.05, 0) is 74.8 Å². The molecule has 1 aromatic carbocycles. The van der Waals surface area contributed by atoms with Crippen LogP contribution in [0.2, 0.25) is 0 Å². The van der Waals surface area contributed by atoms with E-state index in [1.165, 1.54) is 76.6 Å². The molecule has 0 radical (unpaired) electrons. The van der Waals surface area contributed by atoms with E-state index in [9.17, 15) is 0 Å². The van der Waals surface area contributed by atoms with Gasteiger partial charge >= 0.3 is 0 Å². The molecule has 0 spiro atoms. The van der Waals surface area contributed by atoms with Gasteiger partial charge in [-0.3, -0.25) is 0 Å². The minimum absolute atomic E-state index is 0.257. The number of hydrogen-bond donors (Lipinski definition) is 0. The summed E-state index contributed by atoms with van der Waals surface area (Å²) < 4.78 is 5.90. The molecule has 0 bridgehead atoms. The Morgan fingerprint density at radius 3 is 2.20 bits per heavy atom. The number of likely N-dealkylation sites (tertiary alicyclic amines) is 1. The predicted octanol–water partition coefficient (Wildman–Crippen LogP) is 6.19. The molecule has 2 heteroatoms. The zero-order valence-electron chi connectivity index (χ0n) is 16.9. The van der Waals surface area contributed by atoms with Crippen LogP contribution in [0.4, 0.5) is 0 Å². The highest BCUT2D eigenvalue weighted by molar-refractivity contribution is 5.31. The average molecular weight is 346 g/mol. The fraction of sp³-hybridized carbons (Fsp3) is 0.739. The van der Waals surface area contributed by atoms with Gasteiger partial charge in [0.15, 0.2) is 0 Å². The molecule has 1 saturated heterocycles. The van der Waals surface area contributed by atoms with Gasteiger partial charge in [-0.2, -0.15) is 0 Å². The summed E-state index contributed by atoms with van der Waals surface area (Å²) in [6, 6.07) is 8.70. The highest BCUT2D eigenvalue weighted by Crippen LogP contribution is 2.28. The molecule has 0 saturated carbocycles. The van der Waals surface area contributed by atoms with Crippen molar-refractivity contribution in [3.05, 3.63) is 29.8 Å². The van der Waals surface area contributed by atoms with Crippen LogP contribution in [0.1, 0.15) is 84.1 Å². The highest BCUT2D eigenvalue weighted by atomic mass is 16.5. The standard InChI is InChI=1S/C23H39NO/c1-4-23(2,3)21-13-15-22(16-14-21)25-20-12-7-5-6-9-17-24-18-10-8-11-19-24/h13-16H,4-12,17-20H2,1-3H3. The molecule has 2 rings (SSSR count). The quantitative estimate of drug-likeness (QED) is 0.443. The molecule has 2 nitrogen and oxygen atoms in total. The fourth-order valence-electron chi connectivity index (χ4n) is 3.55. The lowest BCUT2D eigenvalue weighted by Gasteiger charge is -2.26. The first-order chi connectivity index (χ1) is 12.1. The van der Waals surface area contributed by atoms with Crippen molar-refractivity contribution in [3.63, 3.8) is 0 Å². The first kappa shape index (κ1) is 20.3. The van der Waals surface area contributed by atoms with Crippen molar-refractivity contribution in [1.82, 2.24) is 4.90 Å². The molecule has 142 valence electrons. The maximum Gasteiger partial charge on any atom is 0.119 e. The van der Waals surface area contributed by atoms with Gasteiger partial charge < -0.3 is 9.64 Å². The minimum Gasteiger partial charge on any atom is -0.494 e. The summed E-state index contributed by atoms with van der Waals surface area (Å²) in [5.41, 5.74) is 1.66. The Bertz CT molecular complexity index is 459. The summed E-state index contributed by atoms with van der Waals surface area (Å²) in [6.07, 6.45) is 12.0. The van der Waals surface area contributed by atoms with E-state index in [-0.39, 0.29) is 5.41 Å². The molecule has 0 atom stereocenters. The van der Waals surface area contributed by atoms with Crippen molar-refractivity contribution < 1.29 is 4.74 Å². The van der Waals surface area contributed by atoms with Crippen LogP contribution < -0.4 is 4.74 Å². The van der Waals surface area contributed by atoms with Crippen LogP contribution in [0.3, 0.4) is 0 Å². The SMILES string of the molecule is CCC(C)(C)c1ccc(OCCCCCCCN2CCCCC2)cc1. The maximum absolute atomic E-state index is 5.90. The largest absolute Gasteiger partial charge is 0.494 e. The number of nitrogens with zero attached hydrogens (tertiary/aromatic N) is 1. The van der Waals surface area contributed by atoms with Crippen molar-refractivity contribution >= 4 is 0 Å². The summed E-state index contributed by atoms with van der Waals surface area (Å²) in [4.78, 5) is 2.65. The third-order valence-corrected chi connectivity index (χ3v) is 5.86. The maximum atomic E-state index is 5.90. The molecule has 1 heterocycles. The van der Waals surface area contributed by atoms with Gasteiger partial charge in [0, 0.05) is 0 Å². The Hall–Kier alpha value is -1.02. The van der Waals surface area contributed by atoms with Crippen LogP contribution >= 0.6 is 0 Å². The van der Waals surface area contributed by atoms with Gasteiger partial charge in [-0.15, -0.1) is 0 Å². The van der Waals surface area contributed by atoms with Gasteiger partial charge in [0.25, 0.3) is 0 Å². The van der Waals surface area contributed by atoms with Gasteiger partial charge in [0.1, 0.15) is 5.75 Å². The van der Waals surface area contributed by atoms with Crippen molar-refractivity contribution in [2.45, 2.75) is 84.0 Å². The van der Waals surface area contributed by atoms with Crippen LogP contribution in [0, 0.1) is 0 Å². The lowest BCUT2D eigenvalue weighted by molar-refractivity contribution is 0.223. The predicted molar refractivity (Wildman–Crippen MR) is 109 cm³/mol. The molecular weight excluding hydrogens is 306 g/mol. The van der Waals surface area contributed by atoms with Gasteiger partial charge in [0.2, 0.25) is 0 Å². The Kier molecular flexibility index (Phi) is 8.81. The van der Waals surface area contributed by atoms with Crippen molar-refractivity contribution in [2.75, 3.05) is 26.2 Å². The van der Waals surface area contributed by atoms with Crippen LogP contribution in [0.5, 0.6) is 5.75 Å². The van der Waals surface area contributed by atoms with Crippen LogP contribution in [0.25, 0.3) is 0 Å². The molecule has 0 N–H and O–H groups in total. The van der Waals surface area contributed by atoms with Crippen LogP contribution in [0.15, 0.2) is 24.3 Å². The zero-order chi connectivity index (χ0) is 18.0. The highest BCUT2D eigenvalue weighted by Gasteiger charge is 2.17. The lowest BCUT2D eigenvalue weighted by Crippen LogP contribution is -2.30. The van der Waals surface area contributed by atoms with Crippen LogP contribution in [-0.4, -0.2) is 31.1 Å². The summed E-state index contributed by atoms with van der Waals surface area (Å²) in [7, 11) is 0. The Labute approximate surface area is 156 Å². The number of ether oxygens (including phenoxy) is 1. The van der Waals surface area contributed by atoms with Crippen molar-refractivity contribution in [1.29, 1.82) is 0 Å². The number of hydrogen-bond acceptors (Lipinski definition) is 2. The number of piperidine rings is 1. The molecular formula is C23H39NO. The zero-order valence-corrected chi connectivity index (χ0v) is 16.9. The second-order valence-electron chi connectivity index (χ2n) is 8.28. The first-order valence-electron chi connectivity index (χ1n) is 10.6. The second-order valence-corrected chi connectivity index (χ2v) is 8.28. The number of rotatable bonds is 11. The Balaban J connectivity index is 1.50. The first-order valence-corrected chi connectivity index (χ1v) is 10.6. The monoisotopic (exact) mass is 345 g/mol. The third-order valence-electron chi connectivity index (χ3n) is 5.86. The summed E-state index contributed by atoms with van der Waals surface area (Å²) in [6.45, 7) is 11.7. The van der Waals surface area contributed by atoms with Crippen molar-refractivity contribution in [3.8, 4) is 5.75 Å². The third kappa shape index (κ3) is 7.40. The molecule has 0 unspecified atom stereocenters. The Morgan fingerprint density at radius 1 is 0.880 bits per heavy atom. The van der Waals surface area contributed by atoms with E-state index < -0.39 is 0 Å². The van der Waals surface area contributed by atoms with E-state index >= 15 is 0 Å². The molecule has 0 amide bonds. The second kappa shape index (κ2) is 10.9. The van der Waals surface area contributed by atoms with E-state index in [1.54, 1.807) is 0 Å². The summed E-state index contributed by atoms with van der Waals surface area (Å²) in [5.74, 6) is 1.01. The normalized spacial score (nSPS) is 16.1. The molecule has 1 aliphatic rings. The number of unbranched alkanes of at least 4 members (excludes halogenated alkanes) is 4. The van der Waals surface area contributed by atoms with Gasteiger partial charge in [-0.25, -0.2) is 0 Å².